The number of rotatable bonds is 7. The van der Waals surface area contributed by atoms with E-state index in [1.807, 2.05) is 6.92 Å². The molecule has 1 heterocycles. The largest absolute Gasteiger partial charge is 0.493 e. The van der Waals surface area contributed by atoms with Crippen LogP contribution in [0.25, 0.3) is 0 Å². The number of hydrogen-bond donors (Lipinski definition) is 0. The molecule has 0 spiro atoms. The van der Waals surface area contributed by atoms with E-state index < -0.39 is 5.97 Å². The summed E-state index contributed by atoms with van der Waals surface area (Å²) >= 11 is 0. The fourth-order valence-corrected chi connectivity index (χ4v) is 2.20. The molecule has 1 aromatic rings. The van der Waals surface area contributed by atoms with Gasteiger partial charge in [-0.1, -0.05) is 13.3 Å². The summed E-state index contributed by atoms with van der Waals surface area (Å²) in [5.74, 6) is -0.217. The number of fused-ring (bicyclic) bond motifs is 1. The van der Waals surface area contributed by atoms with E-state index in [0.29, 0.717) is 35.6 Å². The van der Waals surface area contributed by atoms with Crippen molar-refractivity contribution in [3.05, 3.63) is 17.7 Å². The van der Waals surface area contributed by atoms with Gasteiger partial charge in [-0.25, -0.2) is 0 Å². The van der Waals surface area contributed by atoms with Crippen molar-refractivity contribution in [2.45, 2.75) is 19.8 Å². The first-order valence-corrected chi connectivity index (χ1v) is 7.36. The van der Waals surface area contributed by atoms with Crippen molar-refractivity contribution in [2.24, 2.45) is 0 Å². The highest BCUT2D eigenvalue weighted by Crippen LogP contribution is 2.41. The zero-order chi connectivity index (χ0) is 16.8. The highest BCUT2D eigenvalue weighted by atomic mass is 16.5. The topological polar surface area (TPSA) is 82.1 Å². The summed E-state index contributed by atoms with van der Waals surface area (Å²) in [6.45, 7) is 1.87. The van der Waals surface area contributed by atoms with E-state index >= 15 is 0 Å². The van der Waals surface area contributed by atoms with Crippen LogP contribution in [-0.2, 0) is 14.3 Å². The van der Waals surface area contributed by atoms with E-state index in [-0.39, 0.29) is 19.1 Å². The lowest BCUT2D eigenvalue weighted by molar-refractivity contribution is -0.143. The average Bonchev–Trinajstić information content (AvgIpc) is 2.56. The lowest BCUT2D eigenvalue weighted by Gasteiger charge is -2.29. The summed E-state index contributed by atoms with van der Waals surface area (Å²) in [4.78, 5) is 36.3. The van der Waals surface area contributed by atoms with E-state index in [4.69, 9.17) is 14.2 Å². The predicted octanol–water partition coefficient (Wildman–Crippen LogP) is 1.58. The van der Waals surface area contributed by atoms with Gasteiger partial charge in [-0.05, 0) is 18.6 Å². The maximum atomic E-state index is 12.1. The summed E-state index contributed by atoms with van der Waals surface area (Å²) in [7, 11) is 1.44. The zero-order valence-corrected chi connectivity index (χ0v) is 13.2. The number of carbonyl (C=O) groups is 3. The Balaban J connectivity index is 2.26. The molecule has 0 aliphatic carbocycles. The smallest absolute Gasteiger partial charge is 0.326 e. The second-order valence-electron chi connectivity index (χ2n) is 5.03. The van der Waals surface area contributed by atoms with Crippen LogP contribution in [0.3, 0.4) is 0 Å². The molecule has 124 valence electrons. The standard InChI is InChI=1S/C16H19NO6/c1-3-4-5-22-15(20)8-17-12-6-11(9-18)7-13(21-2)16(12)23-10-14(17)19/h6-7,9H,3-5,8,10H2,1-2H3. The first-order chi connectivity index (χ1) is 11.1. The van der Waals surface area contributed by atoms with Crippen molar-refractivity contribution in [3.63, 3.8) is 0 Å². The van der Waals surface area contributed by atoms with E-state index in [9.17, 15) is 14.4 Å². The number of nitrogens with zero attached hydrogens (tertiary/aromatic N) is 1. The van der Waals surface area contributed by atoms with Crippen molar-refractivity contribution < 1.29 is 28.6 Å². The van der Waals surface area contributed by atoms with Gasteiger partial charge in [-0.2, -0.15) is 0 Å². The summed E-state index contributed by atoms with van der Waals surface area (Å²) in [6.07, 6.45) is 2.31. The molecule has 7 heteroatoms. The van der Waals surface area contributed by atoms with Gasteiger partial charge in [0.15, 0.2) is 18.1 Å². The summed E-state index contributed by atoms with van der Waals surface area (Å²) in [5, 5.41) is 0. The molecular weight excluding hydrogens is 302 g/mol. The van der Waals surface area contributed by atoms with Gasteiger partial charge in [0, 0.05) is 5.56 Å². The normalized spacial score (nSPS) is 13.1. The summed E-state index contributed by atoms with van der Waals surface area (Å²) < 4.78 is 15.7. The van der Waals surface area contributed by atoms with E-state index in [1.54, 1.807) is 0 Å². The fraction of sp³-hybridized carbons (Fsp3) is 0.438. The number of ether oxygens (including phenoxy) is 3. The molecule has 2 rings (SSSR count). The third-order valence-electron chi connectivity index (χ3n) is 3.39. The Labute approximate surface area is 134 Å². The summed E-state index contributed by atoms with van der Waals surface area (Å²) in [5.41, 5.74) is 0.651. The average molecular weight is 321 g/mol. The Morgan fingerprint density at radius 2 is 2.22 bits per heavy atom. The van der Waals surface area contributed by atoms with Crippen molar-refractivity contribution in [3.8, 4) is 11.5 Å². The van der Waals surface area contributed by atoms with Gasteiger partial charge in [0.25, 0.3) is 5.91 Å². The number of amides is 1. The Hall–Kier alpha value is -2.57. The number of hydrogen-bond acceptors (Lipinski definition) is 6. The second kappa shape index (κ2) is 7.62. The van der Waals surface area contributed by atoms with Gasteiger partial charge in [-0.3, -0.25) is 19.3 Å². The minimum atomic E-state index is -0.505. The lowest BCUT2D eigenvalue weighted by Crippen LogP contribution is -2.42. The number of benzene rings is 1. The van der Waals surface area contributed by atoms with E-state index in [1.165, 1.54) is 24.1 Å². The summed E-state index contributed by atoms with van der Waals surface area (Å²) in [6, 6.07) is 3.00. The fourth-order valence-electron chi connectivity index (χ4n) is 2.20. The molecule has 0 N–H and O–H groups in total. The van der Waals surface area contributed by atoms with E-state index in [2.05, 4.69) is 0 Å². The number of carbonyl (C=O) groups excluding carboxylic acids is 3. The van der Waals surface area contributed by atoms with Crippen LogP contribution in [0.1, 0.15) is 30.1 Å². The Kier molecular flexibility index (Phi) is 5.56. The van der Waals surface area contributed by atoms with Crippen molar-refractivity contribution in [1.29, 1.82) is 0 Å². The second-order valence-corrected chi connectivity index (χ2v) is 5.03. The molecule has 0 saturated heterocycles. The minimum Gasteiger partial charge on any atom is -0.493 e. The number of esters is 1. The van der Waals surface area contributed by atoms with Crippen molar-refractivity contribution >= 4 is 23.9 Å². The SMILES string of the molecule is CCCCOC(=O)CN1C(=O)COc2c(OC)cc(C=O)cc21. The molecule has 0 bridgehead atoms. The minimum absolute atomic E-state index is 0.202. The van der Waals surface area contributed by atoms with Crippen LogP contribution >= 0.6 is 0 Å². The highest BCUT2D eigenvalue weighted by Gasteiger charge is 2.30. The Morgan fingerprint density at radius 3 is 2.87 bits per heavy atom. The van der Waals surface area contributed by atoms with Crippen LogP contribution in [0.2, 0.25) is 0 Å². The molecule has 1 amide bonds. The van der Waals surface area contributed by atoms with Gasteiger partial charge >= 0.3 is 5.97 Å². The number of methoxy groups -OCH3 is 1. The molecule has 7 nitrogen and oxygen atoms in total. The van der Waals surface area contributed by atoms with Crippen molar-refractivity contribution in [1.82, 2.24) is 0 Å². The van der Waals surface area contributed by atoms with Crippen LogP contribution in [0.5, 0.6) is 11.5 Å². The quantitative estimate of drug-likeness (QED) is 0.431. The third kappa shape index (κ3) is 3.80. The van der Waals surface area contributed by atoms with Crippen LogP contribution < -0.4 is 14.4 Å². The van der Waals surface area contributed by atoms with Gasteiger partial charge in [0.1, 0.15) is 12.8 Å². The van der Waals surface area contributed by atoms with Gasteiger partial charge < -0.3 is 14.2 Å². The molecule has 0 aromatic heterocycles. The molecule has 1 aliphatic rings. The van der Waals surface area contributed by atoms with Crippen LogP contribution in [0, 0.1) is 0 Å². The van der Waals surface area contributed by atoms with Crippen LogP contribution in [-0.4, -0.2) is 45.0 Å². The molecule has 0 atom stereocenters. The van der Waals surface area contributed by atoms with Gasteiger partial charge in [0.05, 0.1) is 19.4 Å². The van der Waals surface area contributed by atoms with E-state index in [0.717, 1.165) is 12.8 Å². The molecule has 0 fully saturated rings. The maximum Gasteiger partial charge on any atom is 0.326 e. The molecule has 1 aliphatic heterocycles. The molecule has 0 unspecified atom stereocenters. The van der Waals surface area contributed by atoms with Gasteiger partial charge in [0.2, 0.25) is 0 Å². The van der Waals surface area contributed by atoms with Gasteiger partial charge in [-0.15, -0.1) is 0 Å². The molecular formula is C16H19NO6. The zero-order valence-electron chi connectivity index (χ0n) is 13.2. The monoisotopic (exact) mass is 321 g/mol. The third-order valence-corrected chi connectivity index (χ3v) is 3.39. The number of unbranched alkanes of at least 4 members (excludes halogenated alkanes) is 1. The first-order valence-electron chi connectivity index (χ1n) is 7.36. The number of aldehydes is 1. The van der Waals surface area contributed by atoms with Crippen LogP contribution in [0.4, 0.5) is 5.69 Å². The predicted molar refractivity (Wildman–Crippen MR) is 82.1 cm³/mol. The maximum absolute atomic E-state index is 12.1. The lowest BCUT2D eigenvalue weighted by atomic mass is 10.1. The first kappa shape index (κ1) is 16.8. The Morgan fingerprint density at radius 1 is 1.43 bits per heavy atom. The molecule has 0 radical (unpaired) electrons. The number of anilines is 1. The molecule has 23 heavy (non-hydrogen) atoms. The van der Waals surface area contributed by atoms with Crippen LogP contribution in [0.15, 0.2) is 12.1 Å². The molecule has 0 saturated carbocycles. The Bertz CT molecular complexity index is 613. The van der Waals surface area contributed by atoms with Crippen molar-refractivity contribution in [2.75, 3.05) is 31.8 Å². The highest BCUT2D eigenvalue weighted by molar-refractivity contribution is 6.02. The molecule has 1 aromatic carbocycles.